The van der Waals surface area contributed by atoms with Gasteiger partial charge in [-0.1, -0.05) is 11.6 Å². The Morgan fingerprint density at radius 3 is 2.62 bits per heavy atom. The van der Waals surface area contributed by atoms with Gasteiger partial charge in [0.05, 0.1) is 6.61 Å². The van der Waals surface area contributed by atoms with E-state index < -0.39 is 5.41 Å². The smallest absolute Gasteiger partial charge is 0.319 e. The fourth-order valence-electron chi connectivity index (χ4n) is 2.09. The number of ketones is 1. The lowest BCUT2D eigenvalue weighted by Gasteiger charge is -2.23. The Bertz CT molecular complexity index is 313. The van der Waals surface area contributed by atoms with Crippen LogP contribution in [0.25, 0.3) is 0 Å². The molecule has 16 heavy (non-hydrogen) atoms. The predicted molar refractivity (Wildman–Crippen MR) is 62.0 cm³/mol. The number of carbonyl (C=O) groups is 2. The Hall–Kier alpha value is -1.12. The predicted octanol–water partition coefficient (Wildman–Crippen LogP) is 2.65. The highest BCUT2D eigenvalue weighted by atomic mass is 16.5. The van der Waals surface area contributed by atoms with Gasteiger partial charge in [0, 0.05) is 6.42 Å². The minimum absolute atomic E-state index is 0.0449. The molecule has 0 aromatic carbocycles. The van der Waals surface area contributed by atoms with Gasteiger partial charge in [-0.3, -0.25) is 9.59 Å². The van der Waals surface area contributed by atoms with Gasteiger partial charge in [-0.25, -0.2) is 0 Å². The molecule has 90 valence electrons. The molecule has 1 fully saturated rings. The van der Waals surface area contributed by atoms with Crippen molar-refractivity contribution in [3.05, 3.63) is 11.6 Å². The van der Waals surface area contributed by atoms with E-state index in [4.69, 9.17) is 4.74 Å². The van der Waals surface area contributed by atoms with Gasteiger partial charge in [-0.05, 0) is 40.0 Å². The lowest BCUT2D eigenvalue weighted by atomic mass is 9.81. The zero-order chi connectivity index (χ0) is 12.2. The van der Waals surface area contributed by atoms with Gasteiger partial charge >= 0.3 is 5.97 Å². The zero-order valence-corrected chi connectivity index (χ0v) is 10.3. The first-order valence-corrected chi connectivity index (χ1v) is 5.87. The van der Waals surface area contributed by atoms with E-state index in [-0.39, 0.29) is 11.8 Å². The number of hydrogen-bond acceptors (Lipinski definition) is 3. The number of Topliss-reactive ketones (excluding diaryl/α,β-unsaturated/α-hetero) is 1. The Morgan fingerprint density at radius 2 is 2.19 bits per heavy atom. The molecule has 0 radical (unpaired) electrons. The van der Waals surface area contributed by atoms with E-state index in [9.17, 15) is 9.59 Å². The molecule has 1 aliphatic carbocycles. The summed E-state index contributed by atoms with van der Waals surface area (Å²) in [4.78, 5) is 23.8. The van der Waals surface area contributed by atoms with Crippen molar-refractivity contribution in [1.82, 2.24) is 0 Å². The Labute approximate surface area is 96.9 Å². The number of carbonyl (C=O) groups excluding carboxylic acids is 2. The maximum atomic E-state index is 11.9. The molecule has 0 bridgehead atoms. The summed E-state index contributed by atoms with van der Waals surface area (Å²) in [6, 6.07) is 0. The van der Waals surface area contributed by atoms with Crippen LogP contribution in [0.5, 0.6) is 0 Å². The molecule has 0 heterocycles. The SMILES string of the molecule is CCOC(=O)C1(CC=C(C)C)CCCC1=O. The zero-order valence-electron chi connectivity index (χ0n) is 10.3. The molecule has 0 N–H and O–H groups in total. The third-order valence-electron chi connectivity index (χ3n) is 3.07. The van der Waals surface area contributed by atoms with Crippen molar-refractivity contribution in [2.24, 2.45) is 5.41 Å². The van der Waals surface area contributed by atoms with Crippen LogP contribution in [-0.4, -0.2) is 18.4 Å². The van der Waals surface area contributed by atoms with Crippen LogP contribution < -0.4 is 0 Å². The molecular formula is C13H20O3. The molecule has 0 aromatic rings. The summed E-state index contributed by atoms with van der Waals surface area (Å²) in [6.45, 7) is 6.05. The summed E-state index contributed by atoms with van der Waals surface area (Å²) in [5.74, 6) is -0.293. The number of esters is 1. The van der Waals surface area contributed by atoms with Crippen LogP contribution in [0.15, 0.2) is 11.6 Å². The first-order chi connectivity index (χ1) is 7.53. The lowest BCUT2D eigenvalue weighted by molar-refractivity contribution is -0.158. The largest absolute Gasteiger partial charge is 0.465 e. The fourth-order valence-corrected chi connectivity index (χ4v) is 2.09. The molecule has 1 atom stereocenters. The second-order valence-electron chi connectivity index (χ2n) is 4.56. The van der Waals surface area contributed by atoms with E-state index in [1.165, 1.54) is 0 Å². The second kappa shape index (κ2) is 5.28. The van der Waals surface area contributed by atoms with Crippen LogP contribution in [0.1, 0.15) is 46.5 Å². The summed E-state index contributed by atoms with van der Waals surface area (Å²) in [5, 5.41) is 0. The van der Waals surface area contributed by atoms with Crippen LogP contribution in [-0.2, 0) is 14.3 Å². The fraction of sp³-hybridized carbons (Fsp3) is 0.692. The van der Waals surface area contributed by atoms with Crippen molar-refractivity contribution in [1.29, 1.82) is 0 Å². The van der Waals surface area contributed by atoms with Crippen LogP contribution in [0.2, 0.25) is 0 Å². The van der Waals surface area contributed by atoms with E-state index in [2.05, 4.69) is 0 Å². The topological polar surface area (TPSA) is 43.4 Å². The summed E-state index contributed by atoms with van der Waals surface area (Å²) in [5.41, 5.74) is 0.246. The molecule has 0 amide bonds. The highest BCUT2D eigenvalue weighted by Crippen LogP contribution is 2.39. The number of hydrogen-bond donors (Lipinski definition) is 0. The van der Waals surface area contributed by atoms with Gasteiger partial charge in [0.25, 0.3) is 0 Å². The molecule has 3 nitrogen and oxygen atoms in total. The average molecular weight is 224 g/mol. The van der Waals surface area contributed by atoms with Gasteiger partial charge in [0.2, 0.25) is 0 Å². The molecule has 0 aromatic heterocycles. The number of ether oxygens (including phenoxy) is 1. The van der Waals surface area contributed by atoms with Crippen molar-refractivity contribution >= 4 is 11.8 Å². The highest BCUT2D eigenvalue weighted by molar-refractivity contribution is 6.05. The molecule has 0 spiro atoms. The maximum absolute atomic E-state index is 11.9. The monoisotopic (exact) mass is 224 g/mol. The third kappa shape index (κ3) is 2.52. The second-order valence-corrected chi connectivity index (χ2v) is 4.56. The molecule has 1 unspecified atom stereocenters. The van der Waals surface area contributed by atoms with E-state index in [0.29, 0.717) is 25.9 Å². The first kappa shape index (κ1) is 12.9. The third-order valence-corrected chi connectivity index (χ3v) is 3.07. The minimum Gasteiger partial charge on any atom is -0.465 e. The van der Waals surface area contributed by atoms with Crippen molar-refractivity contribution in [2.45, 2.75) is 46.5 Å². The van der Waals surface area contributed by atoms with Gasteiger partial charge < -0.3 is 4.74 Å². The van der Waals surface area contributed by atoms with Crippen LogP contribution in [0.4, 0.5) is 0 Å². The minimum atomic E-state index is -0.882. The van der Waals surface area contributed by atoms with Crippen LogP contribution in [0.3, 0.4) is 0 Å². The summed E-state index contributed by atoms with van der Waals surface area (Å²) >= 11 is 0. The molecule has 0 saturated heterocycles. The van der Waals surface area contributed by atoms with Crippen molar-refractivity contribution in [3.8, 4) is 0 Å². The van der Waals surface area contributed by atoms with Crippen LogP contribution >= 0.6 is 0 Å². The standard InChI is InChI=1S/C13H20O3/c1-4-16-12(15)13(9-7-10(2)3)8-5-6-11(13)14/h7H,4-6,8-9H2,1-3H3. The first-order valence-electron chi connectivity index (χ1n) is 5.87. The molecule has 1 rings (SSSR count). The summed E-state index contributed by atoms with van der Waals surface area (Å²) in [6.07, 6.45) is 4.39. The Morgan fingerprint density at radius 1 is 1.50 bits per heavy atom. The Balaban J connectivity index is 2.89. The van der Waals surface area contributed by atoms with Gasteiger partial charge in [-0.15, -0.1) is 0 Å². The van der Waals surface area contributed by atoms with Crippen molar-refractivity contribution < 1.29 is 14.3 Å². The van der Waals surface area contributed by atoms with Gasteiger partial charge in [0.15, 0.2) is 5.78 Å². The van der Waals surface area contributed by atoms with Crippen molar-refractivity contribution in [2.75, 3.05) is 6.61 Å². The van der Waals surface area contributed by atoms with E-state index in [1.807, 2.05) is 19.9 Å². The highest BCUT2D eigenvalue weighted by Gasteiger charge is 2.48. The molecule has 0 aliphatic heterocycles. The summed E-state index contributed by atoms with van der Waals surface area (Å²) < 4.78 is 5.04. The normalized spacial score (nSPS) is 24.3. The van der Waals surface area contributed by atoms with E-state index >= 15 is 0 Å². The summed E-state index contributed by atoms with van der Waals surface area (Å²) in [7, 11) is 0. The molecule has 3 heteroatoms. The van der Waals surface area contributed by atoms with E-state index in [1.54, 1.807) is 6.92 Å². The molecule has 1 aliphatic rings. The quantitative estimate of drug-likeness (QED) is 0.419. The van der Waals surface area contributed by atoms with E-state index in [0.717, 1.165) is 12.0 Å². The molecular weight excluding hydrogens is 204 g/mol. The maximum Gasteiger partial charge on any atom is 0.319 e. The molecule has 1 saturated carbocycles. The van der Waals surface area contributed by atoms with Crippen molar-refractivity contribution in [3.63, 3.8) is 0 Å². The lowest BCUT2D eigenvalue weighted by Crippen LogP contribution is -2.36. The average Bonchev–Trinajstić information content (AvgIpc) is 2.58. The van der Waals surface area contributed by atoms with Crippen LogP contribution in [0, 0.1) is 5.41 Å². The number of allylic oxidation sites excluding steroid dienone is 2. The Kier molecular flexibility index (Phi) is 4.27. The van der Waals surface area contributed by atoms with Gasteiger partial charge in [-0.2, -0.15) is 0 Å². The number of rotatable bonds is 4. The van der Waals surface area contributed by atoms with Gasteiger partial charge in [0.1, 0.15) is 5.41 Å².